The molecule has 0 bridgehead atoms. The highest BCUT2D eigenvalue weighted by Crippen LogP contribution is 2.36. The third kappa shape index (κ3) is 3.24. The highest BCUT2D eigenvalue weighted by Gasteiger charge is 2.51. The summed E-state index contributed by atoms with van der Waals surface area (Å²) in [6.07, 6.45) is 1.55. The normalized spacial score (nSPS) is 19.6. The molecule has 1 N–H and O–H groups in total. The molecule has 0 atom stereocenters. The van der Waals surface area contributed by atoms with Crippen molar-refractivity contribution in [2.24, 2.45) is 0 Å². The minimum Gasteiger partial charge on any atom is -0.399 e. The summed E-state index contributed by atoms with van der Waals surface area (Å²) in [5, 5.41) is 2.42. The van der Waals surface area contributed by atoms with Gasteiger partial charge in [0.25, 0.3) is 5.91 Å². The summed E-state index contributed by atoms with van der Waals surface area (Å²) in [5.41, 5.74) is 0.142. The summed E-state index contributed by atoms with van der Waals surface area (Å²) in [4.78, 5) is 15.7. The fourth-order valence-corrected chi connectivity index (χ4v) is 1.91. The van der Waals surface area contributed by atoms with E-state index in [1.54, 1.807) is 18.3 Å². The molecule has 114 valence electrons. The smallest absolute Gasteiger partial charge is 0.399 e. The summed E-state index contributed by atoms with van der Waals surface area (Å²) in [6.45, 7) is 7.27. The fraction of sp³-hybridized carbons (Fsp3) is 0.571. The molecule has 1 aliphatic heterocycles. The average Bonchev–Trinajstić information content (AvgIpc) is 2.65. The molecule has 0 aliphatic carbocycles. The van der Waals surface area contributed by atoms with Crippen LogP contribution in [-0.2, 0) is 9.31 Å². The first-order valence-corrected chi connectivity index (χ1v) is 6.92. The second-order valence-corrected chi connectivity index (χ2v) is 6.01. The van der Waals surface area contributed by atoms with Crippen LogP contribution in [0.3, 0.4) is 0 Å². The molecule has 1 aliphatic rings. The third-order valence-electron chi connectivity index (χ3n) is 3.92. The highest BCUT2D eigenvalue weighted by molar-refractivity contribution is 6.62. The molecule has 0 radical (unpaired) electrons. The van der Waals surface area contributed by atoms with Crippen LogP contribution >= 0.6 is 0 Å². The lowest BCUT2D eigenvalue weighted by Crippen LogP contribution is -2.41. The van der Waals surface area contributed by atoms with Gasteiger partial charge in [0.2, 0.25) is 0 Å². The van der Waals surface area contributed by atoms with Crippen molar-refractivity contribution in [2.75, 3.05) is 13.2 Å². The molecular formula is C14H20BFN2O3. The zero-order valence-electron chi connectivity index (χ0n) is 12.8. The van der Waals surface area contributed by atoms with E-state index in [0.29, 0.717) is 0 Å². The number of halogens is 1. The van der Waals surface area contributed by atoms with Gasteiger partial charge < -0.3 is 14.6 Å². The summed E-state index contributed by atoms with van der Waals surface area (Å²) in [6, 6.07) is 3.31. The molecule has 1 aromatic heterocycles. The monoisotopic (exact) mass is 294 g/mol. The maximum atomic E-state index is 12.0. The van der Waals surface area contributed by atoms with Crippen LogP contribution in [0.4, 0.5) is 4.39 Å². The Kier molecular flexibility index (Phi) is 4.34. The number of nitrogens with one attached hydrogen (secondary N) is 1. The topological polar surface area (TPSA) is 60.5 Å². The van der Waals surface area contributed by atoms with E-state index in [1.165, 1.54) is 0 Å². The van der Waals surface area contributed by atoms with E-state index in [1.807, 2.05) is 27.7 Å². The van der Waals surface area contributed by atoms with Crippen LogP contribution in [0.5, 0.6) is 0 Å². The van der Waals surface area contributed by atoms with Gasteiger partial charge in [-0.25, -0.2) is 4.39 Å². The van der Waals surface area contributed by atoms with E-state index < -0.39 is 30.9 Å². The van der Waals surface area contributed by atoms with Crippen LogP contribution in [0.15, 0.2) is 18.3 Å². The van der Waals surface area contributed by atoms with Crippen molar-refractivity contribution < 1.29 is 18.5 Å². The number of rotatable bonds is 4. The third-order valence-corrected chi connectivity index (χ3v) is 3.92. The molecule has 7 heteroatoms. The Bertz CT molecular complexity index is 503. The number of pyridine rings is 1. The first-order valence-electron chi connectivity index (χ1n) is 6.92. The molecule has 21 heavy (non-hydrogen) atoms. The Balaban J connectivity index is 2.09. The zero-order chi connectivity index (χ0) is 15.7. The van der Waals surface area contributed by atoms with Crippen LogP contribution < -0.4 is 10.8 Å². The molecule has 0 unspecified atom stereocenters. The molecule has 0 aromatic carbocycles. The van der Waals surface area contributed by atoms with E-state index >= 15 is 0 Å². The minimum atomic E-state index is -0.599. The maximum Gasteiger partial charge on any atom is 0.496 e. The van der Waals surface area contributed by atoms with Gasteiger partial charge >= 0.3 is 7.12 Å². The van der Waals surface area contributed by atoms with Gasteiger partial charge in [0.1, 0.15) is 12.4 Å². The van der Waals surface area contributed by atoms with Gasteiger partial charge in [-0.05, 0) is 33.8 Å². The lowest BCUT2D eigenvalue weighted by molar-refractivity contribution is 0.00578. The molecular weight excluding hydrogens is 274 g/mol. The van der Waals surface area contributed by atoms with Crippen molar-refractivity contribution in [3.63, 3.8) is 0 Å². The number of alkyl halides is 1. The average molecular weight is 294 g/mol. The number of nitrogens with zero attached hydrogens (tertiary/aromatic N) is 1. The molecule has 1 aromatic rings. The van der Waals surface area contributed by atoms with E-state index in [4.69, 9.17) is 9.31 Å². The SMILES string of the molecule is CC1(C)OB(c2ccc(C(=O)NCCF)nc2)OC1(C)C. The number of amides is 1. The second-order valence-electron chi connectivity index (χ2n) is 6.01. The number of hydrogen-bond donors (Lipinski definition) is 1. The largest absolute Gasteiger partial charge is 0.496 e. The first kappa shape index (κ1) is 15.9. The molecule has 1 fully saturated rings. The molecule has 2 rings (SSSR count). The molecule has 1 saturated heterocycles. The summed E-state index contributed by atoms with van der Waals surface area (Å²) in [7, 11) is -0.509. The minimum absolute atomic E-state index is 0.0144. The van der Waals surface area contributed by atoms with Crippen molar-refractivity contribution in [1.82, 2.24) is 10.3 Å². The van der Waals surface area contributed by atoms with Gasteiger partial charge in [-0.2, -0.15) is 0 Å². The van der Waals surface area contributed by atoms with Gasteiger partial charge in [0, 0.05) is 18.2 Å². The number of carbonyl (C=O) groups is 1. The molecule has 0 spiro atoms. The summed E-state index contributed by atoms with van der Waals surface area (Å²) < 4.78 is 23.8. The van der Waals surface area contributed by atoms with Crippen LogP contribution in [-0.4, -0.2) is 42.4 Å². The first-order chi connectivity index (χ1) is 9.77. The van der Waals surface area contributed by atoms with Crippen molar-refractivity contribution >= 4 is 18.5 Å². The Morgan fingerprint density at radius 2 is 1.90 bits per heavy atom. The Morgan fingerprint density at radius 3 is 2.38 bits per heavy atom. The summed E-state index contributed by atoms with van der Waals surface area (Å²) >= 11 is 0. The molecule has 1 amide bonds. The predicted molar refractivity (Wildman–Crippen MR) is 78.3 cm³/mol. The quantitative estimate of drug-likeness (QED) is 0.844. The van der Waals surface area contributed by atoms with Crippen LogP contribution in [0, 0.1) is 0 Å². The van der Waals surface area contributed by atoms with Gasteiger partial charge in [-0.15, -0.1) is 0 Å². The lowest BCUT2D eigenvalue weighted by Gasteiger charge is -2.32. The standard InChI is InChI=1S/C14H20BFN2O3/c1-13(2)14(3,4)21-15(20-13)10-5-6-11(18-9-10)12(19)17-8-7-16/h5-6,9H,7-8H2,1-4H3,(H,17,19). The maximum absolute atomic E-state index is 12.0. The molecule has 5 nitrogen and oxygen atoms in total. The van der Waals surface area contributed by atoms with E-state index in [0.717, 1.165) is 5.46 Å². The summed E-state index contributed by atoms with van der Waals surface area (Å²) in [5.74, 6) is -0.395. The van der Waals surface area contributed by atoms with Crippen molar-refractivity contribution in [3.05, 3.63) is 24.0 Å². The number of carbonyl (C=O) groups excluding carboxylic acids is 1. The van der Waals surface area contributed by atoms with E-state index in [9.17, 15) is 9.18 Å². The molecule has 2 heterocycles. The van der Waals surface area contributed by atoms with Crippen LogP contribution in [0.1, 0.15) is 38.2 Å². The van der Waals surface area contributed by atoms with Gasteiger partial charge in [-0.3, -0.25) is 9.78 Å². The van der Waals surface area contributed by atoms with Crippen molar-refractivity contribution in [1.29, 1.82) is 0 Å². The van der Waals surface area contributed by atoms with Gasteiger partial charge in [0.05, 0.1) is 11.2 Å². The fourth-order valence-electron chi connectivity index (χ4n) is 1.91. The predicted octanol–water partition coefficient (Wildman–Crippen LogP) is 1.08. The highest BCUT2D eigenvalue weighted by atomic mass is 19.1. The van der Waals surface area contributed by atoms with Crippen LogP contribution in [0.25, 0.3) is 0 Å². The second kappa shape index (κ2) is 5.73. The van der Waals surface area contributed by atoms with E-state index in [-0.39, 0.29) is 12.2 Å². The number of aromatic nitrogens is 1. The number of hydrogen-bond acceptors (Lipinski definition) is 4. The van der Waals surface area contributed by atoms with Gasteiger partial charge in [-0.1, -0.05) is 6.07 Å². The Labute approximate surface area is 124 Å². The molecule has 0 saturated carbocycles. The van der Waals surface area contributed by atoms with Gasteiger partial charge in [0.15, 0.2) is 0 Å². The zero-order valence-corrected chi connectivity index (χ0v) is 12.8. The Morgan fingerprint density at radius 1 is 1.29 bits per heavy atom. The van der Waals surface area contributed by atoms with Crippen LogP contribution in [0.2, 0.25) is 0 Å². The lowest BCUT2D eigenvalue weighted by atomic mass is 9.80. The van der Waals surface area contributed by atoms with Crippen molar-refractivity contribution in [3.8, 4) is 0 Å². The van der Waals surface area contributed by atoms with E-state index in [2.05, 4.69) is 10.3 Å². The Hall–Kier alpha value is -1.47. The van der Waals surface area contributed by atoms with Crippen molar-refractivity contribution in [2.45, 2.75) is 38.9 Å².